The second kappa shape index (κ2) is 6.76. The molecule has 0 aromatic rings. The van der Waals surface area contributed by atoms with Gasteiger partial charge in [0.15, 0.2) is 0 Å². The van der Waals surface area contributed by atoms with Gasteiger partial charge in [-0.3, -0.25) is 9.69 Å². The van der Waals surface area contributed by atoms with Gasteiger partial charge in [-0.05, 0) is 58.8 Å². The first-order valence-corrected chi connectivity index (χ1v) is 7.76. The maximum atomic E-state index is 11.1. The monoisotopic (exact) mass is 256 g/mol. The van der Waals surface area contributed by atoms with Gasteiger partial charge in [-0.15, -0.1) is 0 Å². The molecule has 17 heavy (non-hydrogen) atoms. The normalized spacial score (nSPS) is 25.0. The average molecular weight is 256 g/mol. The van der Waals surface area contributed by atoms with Gasteiger partial charge in [0, 0.05) is 10.5 Å². The molecular formula is C13H24N2OS. The molecule has 0 unspecified atom stereocenters. The summed E-state index contributed by atoms with van der Waals surface area (Å²) in [6, 6.07) is 0. The van der Waals surface area contributed by atoms with E-state index in [0.717, 1.165) is 23.6 Å². The highest BCUT2D eigenvalue weighted by molar-refractivity contribution is 8.00. The molecule has 98 valence electrons. The molecule has 1 N–H and O–H groups in total. The van der Waals surface area contributed by atoms with Crippen molar-refractivity contribution in [3.05, 3.63) is 0 Å². The van der Waals surface area contributed by atoms with Crippen molar-refractivity contribution >= 4 is 17.5 Å². The highest BCUT2D eigenvalue weighted by Gasteiger charge is 2.24. The highest BCUT2D eigenvalue weighted by atomic mass is 32.2. The Hall–Kier alpha value is -0.0600. The Morgan fingerprint density at radius 3 is 2.35 bits per heavy atom. The van der Waals surface area contributed by atoms with E-state index in [0.29, 0.717) is 12.3 Å². The number of nitrogens with zero attached hydrogens (tertiary/aromatic N) is 1. The molecule has 0 radical (unpaired) electrons. The minimum absolute atomic E-state index is 0.300. The summed E-state index contributed by atoms with van der Waals surface area (Å²) in [5, 5.41) is 5.13. The number of carbonyl (C=O) groups is 1. The molecular weight excluding hydrogens is 232 g/mol. The van der Waals surface area contributed by atoms with Gasteiger partial charge in [0.25, 0.3) is 0 Å². The SMILES string of the molecule is CC(=O)CN1CCC(SC2CCNCC2)CC1. The van der Waals surface area contributed by atoms with Crippen LogP contribution in [0.2, 0.25) is 0 Å². The van der Waals surface area contributed by atoms with Gasteiger partial charge in [0.05, 0.1) is 6.54 Å². The first kappa shape index (κ1) is 13.4. The Balaban J connectivity index is 1.66. The van der Waals surface area contributed by atoms with Gasteiger partial charge in [-0.2, -0.15) is 11.8 Å². The van der Waals surface area contributed by atoms with Crippen LogP contribution in [0.5, 0.6) is 0 Å². The Labute approximate surface area is 109 Å². The Kier molecular flexibility index (Phi) is 5.32. The van der Waals surface area contributed by atoms with Gasteiger partial charge in [-0.1, -0.05) is 0 Å². The van der Waals surface area contributed by atoms with E-state index in [9.17, 15) is 4.79 Å². The average Bonchev–Trinajstić information content (AvgIpc) is 2.32. The summed E-state index contributed by atoms with van der Waals surface area (Å²) < 4.78 is 0. The van der Waals surface area contributed by atoms with E-state index in [4.69, 9.17) is 0 Å². The second-order valence-electron chi connectivity index (χ2n) is 5.26. The molecule has 0 bridgehead atoms. The summed E-state index contributed by atoms with van der Waals surface area (Å²) in [6.45, 7) is 6.97. The number of rotatable bonds is 4. The molecule has 0 spiro atoms. The van der Waals surface area contributed by atoms with E-state index in [1.54, 1.807) is 6.92 Å². The Morgan fingerprint density at radius 1 is 1.18 bits per heavy atom. The quantitative estimate of drug-likeness (QED) is 0.827. The van der Waals surface area contributed by atoms with Crippen molar-refractivity contribution in [1.82, 2.24) is 10.2 Å². The van der Waals surface area contributed by atoms with E-state index in [1.165, 1.54) is 38.8 Å². The number of hydrogen-bond donors (Lipinski definition) is 1. The molecule has 2 saturated heterocycles. The summed E-state index contributed by atoms with van der Waals surface area (Å²) in [7, 11) is 0. The van der Waals surface area contributed by atoms with Crippen molar-refractivity contribution in [2.24, 2.45) is 0 Å². The van der Waals surface area contributed by atoms with Gasteiger partial charge < -0.3 is 5.32 Å². The molecule has 0 aliphatic carbocycles. The molecule has 0 aromatic heterocycles. The summed E-state index contributed by atoms with van der Waals surface area (Å²) in [6.07, 6.45) is 5.19. The predicted molar refractivity (Wildman–Crippen MR) is 73.6 cm³/mol. The third-order valence-corrected chi connectivity index (χ3v) is 5.36. The zero-order valence-electron chi connectivity index (χ0n) is 10.8. The van der Waals surface area contributed by atoms with E-state index >= 15 is 0 Å². The van der Waals surface area contributed by atoms with Gasteiger partial charge in [-0.25, -0.2) is 0 Å². The summed E-state index contributed by atoms with van der Waals surface area (Å²) in [5.74, 6) is 0.300. The molecule has 0 atom stereocenters. The number of Topliss-reactive ketones (excluding diaryl/α,β-unsaturated/α-hetero) is 1. The molecule has 0 saturated carbocycles. The summed E-state index contributed by atoms with van der Waals surface area (Å²) in [4.78, 5) is 13.4. The van der Waals surface area contributed by atoms with Crippen LogP contribution >= 0.6 is 11.8 Å². The number of ketones is 1. The fourth-order valence-corrected chi connectivity index (χ4v) is 4.26. The molecule has 4 heteroatoms. The van der Waals surface area contributed by atoms with Crippen LogP contribution in [0.3, 0.4) is 0 Å². The van der Waals surface area contributed by atoms with Crippen LogP contribution in [0, 0.1) is 0 Å². The van der Waals surface area contributed by atoms with Crippen LogP contribution < -0.4 is 5.32 Å². The Bertz CT molecular complexity index is 246. The van der Waals surface area contributed by atoms with Crippen molar-refractivity contribution in [3.8, 4) is 0 Å². The van der Waals surface area contributed by atoms with Crippen LogP contribution in [0.4, 0.5) is 0 Å². The van der Waals surface area contributed by atoms with Crippen molar-refractivity contribution in [1.29, 1.82) is 0 Å². The lowest BCUT2D eigenvalue weighted by Gasteiger charge is -2.33. The van der Waals surface area contributed by atoms with Crippen LogP contribution in [0.1, 0.15) is 32.6 Å². The van der Waals surface area contributed by atoms with Crippen LogP contribution in [0.15, 0.2) is 0 Å². The standard InChI is InChI=1S/C13H24N2OS/c1-11(16)10-15-8-4-13(5-9-15)17-12-2-6-14-7-3-12/h12-14H,2-10H2,1H3. The minimum atomic E-state index is 0.300. The fourth-order valence-electron chi connectivity index (χ4n) is 2.72. The molecule has 2 aliphatic heterocycles. The molecule has 0 aromatic carbocycles. The molecule has 2 fully saturated rings. The van der Waals surface area contributed by atoms with Crippen LogP contribution in [0.25, 0.3) is 0 Å². The largest absolute Gasteiger partial charge is 0.317 e. The fraction of sp³-hybridized carbons (Fsp3) is 0.923. The van der Waals surface area contributed by atoms with E-state index in [-0.39, 0.29) is 0 Å². The topological polar surface area (TPSA) is 32.3 Å². The van der Waals surface area contributed by atoms with E-state index in [1.807, 2.05) is 0 Å². The molecule has 2 heterocycles. The lowest BCUT2D eigenvalue weighted by molar-refractivity contribution is -0.118. The minimum Gasteiger partial charge on any atom is -0.317 e. The lowest BCUT2D eigenvalue weighted by atomic mass is 10.1. The molecule has 3 nitrogen and oxygen atoms in total. The zero-order valence-corrected chi connectivity index (χ0v) is 11.6. The molecule has 2 aliphatic rings. The molecule has 2 rings (SSSR count). The first-order valence-electron chi connectivity index (χ1n) is 6.82. The Morgan fingerprint density at radius 2 is 1.76 bits per heavy atom. The summed E-state index contributed by atoms with van der Waals surface area (Å²) >= 11 is 2.21. The maximum Gasteiger partial charge on any atom is 0.143 e. The number of hydrogen-bond acceptors (Lipinski definition) is 4. The number of likely N-dealkylation sites (tertiary alicyclic amines) is 1. The van der Waals surface area contributed by atoms with Gasteiger partial charge >= 0.3 is 0 Å². The third-order valence-electron chi connectivity index (χ3n) is 3.65. The van der Waals surface area contributed by atoms with Gasteiger partial charge in [0.2, 0.25) is 0 Å². The lowest BCUT2D eigenvalue weighted by Crippen LogP contribution is -2.38. The van der Waals surface area contributed by atoms with Crippen LogP contribution in [-0.2, 0) is 4.79 Å². The van der Waals surface area contributed by atoms with Gasteiger partial charge in [0.1, 0.15) is 5.78 Å². The number of carbonyl (C=O) groups excluding carboxylic acids is 1. The highest BCUT2D eigenvalue weighted by Crippen LogP contribution is 2.30. The maximum absolute atomic E-state index is 11.1. The third kappa shape index (κ3) is 4.60. The van der Waals surface area contributed by atoms with E-state index in [2.05, 4.69) is 22.0 Å². The zero-order chi connectivity index (χ0) is 12.1. The molecule has 0 amide bonds. The summed E-state index contributed by atoms with van der Waals surface area (Å²) in [5.41, 5.74) is 0. The van der Waals surface area contributed by atoms with Crippen molar-refractivity contribution < 1.29 is 4.79 Å². The first-order chi connectivity index (χ1) is 8.24. The second-order valence-corrected chi connectivity index (χ2v) is 6.87. The van der Waals surface area contributed by atoms with Crippen LogP contribution in [-0.4, -0.2) is 53.9 Å². The van der Waals surface area contributed by atoms with Crippen molar-refractivity contribution in [2.45, 2.75) is 43.1 Å². The number of thioether (sulfide) groups is 1. The number of piperidine rings is 2. The van der Waals surface area contributed by atoms with Crippen molar-refractivity contribution in [2.75, 3.05) is 32.7 Å². The smallest absolute Gasteiger partial charge is 0.143 e. The number of nitrogens with one attached hydrogen (secondary N) is 1. The van der Waals surface area contributed by atoms with E-state index < -0.39 is 0 Å². The van der Waals surface area contributed by atoms with Crippen molar-refractivity contribution in [3.63, 3.8) is 0 Å². The predicted octanol–water partition coefficient (Wildman–Crippen LogP) is 1.52.